The van der Waals surface area contributed by atoms with E-state index in [4.69, 9.17) is 10.2 Å². The molecular formula is C8H13NO4. The molecule has 1 saturated heterocycles. The van der Waals surface area contributed by atoms with Gasteiger partial charge >= 0.3 is 11.9 Å². The van der Waals surface area contributed by atoms with Crippen LogP contribution in [0.3, 0.4) is 0 Å². The fourth-order valence-corrected chi connectivity index (χ4v) is 1.54. The molecule has 0 spiro atoms. The van der Waals surface area contributed by atoms with Gasteiger partial charge in [0.25, 0.3) is 0 Å². The fourth-order valence-electron chi connectivity index (χ4n) is 1.54. The van der Waals surface area contributed by atoms with Crippen LogP contribution < -0.4 is 5.32 Å². The standard InChI is InChI=1S/C8H13NO4/c10-7(11)2-1-5-3-6(8(12)13)9-4-5/h5-6,9H,1-4H2,(H,10,11)(H,12,13)/t5-,6-/m0/s1. The third-order valence-corrected chi connectivity index (χ3v) is 2.29. The second kappa shape index (κ2) is 4.23. The average molecular weight is 187 g/mol. The van der Waals surface area contributed by atoms with Gasteiger partial charge in [-0.15, -0.1) is 0 Å². The van der Waals surface area contributed by atoms with Gasteiger partial charge in [0, 0.05) is 6.42 Å². The maximum Gasteiger partial charge on any atom is 0.320 e. The Hall–Kier alpha value is -1.10. The minimum atomic E-state index is -0.849. The van der Waals surface area contributed by atoms with Gasteiger partial charge in [0.1, 0.15) is 6.04 Å². The van der Waals surface area contributed by atoms with Crippen molar-refractivity contribution in [1.29, 1.82) is 0 Å². The van der Waals surface area contributed by atoms with Gasteiger partial charge in [-0.1, -0.05) is 0 Å². The van der Waals surface area contributed by atoms with Crippen LogP contribution in [0.2, 0.25) is 0 Å². The highest BCUT2D eigenvalue weighted by Gasteiger charge is 2.28. The first kappa shape index (κ1) is 9.98. The average Bonchev–Trinajstić information content (AvgIpc) is 2.48. The van der Waals surface area contributed by atoms with Crippen molar-refractivity contribution in [3.05, 3.63) is 0 Å². The molecule has 1 heterocycles. The summed E-state index contributed by atoms with van der Waals surface area (Å²) in [7, 11) is 0. The van der Waals surface area contributed by atoms with Gasteiger partial charge in [-0.25, -0.2) is 0 Å². The predicted molar refractivity (Wildman–Crippen MR) is 44.4 cm³/mol. The van der Waals surface area contributed by atoms with E-state index in [1.165, 1.54) is 0 Å². The van der Waals surface area contributed by atoms with Crippen LogP contribution in [0.4, 0.5) is 0 Å². The van der Waals surface area contributed by atoms with Gasteiger partial charge in [-0.2, -0.15) is 0 Å². The van der Waals surface area contributed by atoms with Crippen molar-refractivity contribution in [2.45, 2.75) is 25.3 Å². The number of aliphatic carboxylic acids is 2. The Balaban J connectivity index is 2.25. The van der Waals surface area contributed by atoms with E-state index in [0.717, 1.165) is 0 Å². The van der Waals surface area contributed by atoms with Crippen LogP contribution in [-0.2, 0) is 9.59 Å². The number of carbonyl (C=O) groups is 2. The van der Waals surface area contributed by atoms with Gasteiger partial charge in [0.05, 0.1) is 0 Å². The first-order valence-electron chi connectivity index (χ1n) is 4.27. The molecule has 74 valence electrons. The van der Waals surface area contributed by atoms with Gasteiger partial charge < -0.3 is 15.5 Å². The molecule has 0 aromatic heterocycles. The molecule has 1 aliphatic rings. The highest BCUT2D eigenvalue weighted by atomic mass is 16.4. The Morgan fingerprint density at radius 2 is 2.08 bits per heavy atom. The lowest BCUT2D eigenvalue weighted by molar-refractivity contribution is -0.139. The molecule has 5 nitrogen and oxygen atoms in total. The van der Waals surface area contributed by atoms with Crippen molar-refractivity contribution in [3.8, 4) is 0 Å². The van der Waals surface area contributed by atoms with Crippen LogP contribution >= 0.6 is 0 Å². The van der Waals surface area contributed by atoms with Crippen LogP contribution in [0.15, 0.2) is 0 Å². The zero-order valence-corrected chi connectivity index (χ0v) is 7.19. The van der Waals surface area contributed by atoms with Crippen molar-refractivity contribution in [2.75, 3.05) is 6.54 Å². The van der Waals surface area contributed by atoms with Crippen molar-refractivity contribution < 1.29 is 19.8 Å². The lowest BCUT2D eigenvalue weighted by Gasteiger charge is -2.04. The van der Waals surface area contributed by atoms with Gasteiger partial charge in [-0.3, -0.25) is 9.59 Å². The van der Waals surface area contributed by atoms with Crippen LogP contribution in [0.1, 0.15) is 19.3 Å². The first-order valence-corrected chi connectivity index (χ1v) is 4.27. The molecular weight excluding hydrogens is 174 g/mol. The third kappa shape index (κ3) is 3.02. The molecule has 0 unspecified atom stereocenters. The second-order valence-electron chi connectivity index (χ2n) is 3.33. The van der Waals surface area contributed by atoms with E-state index < -0.39 is 18.0 Å². The van der Waals surface area contributed by atoms with E-state index >= 15 is 0 Å². The Morgan fingerprint density at radius 3 is 2.54 bits per heavy atom. The Bertz CT molecular complexity index is 216. The zero-order chi connectivity index (χ0) is 9.84. The van der Waals surface area contributed by atoms with Crippen LogP contribution in [0.5, 0.6) is 0 Å². The molecule has 0 aliphatic carbocycles. The summed E-state index contributed by atoms with van der Waals surface area (Å²) in [6.07, 6.45) is 1.23. The van der Waals surface area contributed by atoms with Crippen molar-refractivity contribution in [3.63, 3.8) is 0 Å². The van der Waals surface area contributed by atoms with E-state index in [2.05, 4.69) is 5.32 Å². The topological polar surface area (TPSA) is 86.6 Å². The number of carboxylic acids is 2. The number of rotatable bonds is 4. The van der Waals surface area contributed by atoms with Crippen molar-refractivity contribution in [2.24, 2.45) is 5.92 Å². The van der Waals surface area contributed by atoms with E-state index in [-0.39, 0.29) is 12.3 Å². The SMILES string of the molecule is O=C(O)CC[C@@H]1CN[C@H](C(=O)O)C1. The number of hydrogen-bond donors (Lipinski definition) is 3. The monoisotopic (exact) mass is 187 g/mol. The molecule has 0 amide bonds. The smallest absolute Gasteiger partial charge is 0.320 e. The summed E-state index contributed by atoms with van der Waals surface area (Å²) in [5.74, 6) is -1.48. The lowest BCUT2D eigenvalue weighted by Crippen LogP contribution is -2.29. The molecule has 2 atom stereocenters. The maximum atomic E-state index is 10.5. The normalized spacial score (nSPS) is 27.4. The van der Waals surface area contributed by atoms with E-state index in [1.54, 1.807) is 0 Å². The van der Waals surface area contributed by atoms with Crippen molar-refractivity contribution in [1.82, 2.24) is 5.32 Å². The fraction of sp³-hybridized carbons (Fsp3) is 0.750. The second-order valence-corrected chi connectivity index (χ2v) is 3.33. The molecule has 1 aliphatic heterocycles. The predicted octanol–water partition coefficient (Wildman–Crippen LogP) is -0.0861. The summed E-state index contributed by atoms with van der Waals surface area (Å²) in [5, 5.41) is 19.9. The molecule has 3 N–H and O–H groups in total. The summed E-state index contributed by atoms with van der Waals surface area (Å²) < 4.78 is 0. The van der Waals surface area contributed by atoms with Crippen molar-refractivity contribution >= 4 is 11.9 Å². The molecule has 13 heavy (non-hydrogen) atoms. The van der Waals surface area contributed by atoms with E-state index in [1.807, 2.05) is 0 Å². The molecule has 1 rings (SSSR count). The molecule has 5 heteroatoms. The lowest BCUT2D eigenvalue weighted by atomic mass is 10.00. The molecule has 0 saturated carbocycles. The minimum absolute atomic E-state index is 0.124. The third-order valence-electron chi connectivity index (χ3n) is 2.29. The maximum absolute atomic E-state index is 10.5. The van der Waals surface area contributed by atoms with E-state index in [0.29, 0.717) is 19.4 Å². The van der Waals surface area contributed by atoms with Gasteiger partial charge in [0.15, 0.2) is 0 Å². The number of carboxylic acid groups (broad SMARTS) is 2. The summed E-state index contributed by atoms with van der Waals surface area (Å²) >= 11 is 0. The van der Waals surface area contributed by atoms with Crippen LogP contribution in [0, 0.1) is 5.92 Å². The summed E-state index contributed by atoms with van der Waals surface area (Å²) in [6.45, 7) is 0.615. The Morgan fingerprint density at radius 1 is 1.38 bits per heavy atom. The molecule has 0 bridgehead atoms. The summed E-state index contributed by atoms with van der Waals surface area (Å²) in [5.41, 5.74) is 0. The van der Waals surface area contributed by atoms with E-state index in [9.17, 15) is 9.59 Å². The number of hydrogen-bond acceptors (Lipinski definition) is 3. The molecule has 0 aromatic carbocycles. The minimum Gasteiger partial charge on any atom is -0.481 e. The number of nitrogens with one attached hydrogen (secondary N) is 1. The van der Waals surface area contributed by atoms with Gasteiger partial charge in [0.2, 0.25) is 0 Å². The zero-order valence-electron chi connectivity index (χ0n) is 7.19. The quantitative estimate of drug-likeness (QED) is 0.572. The highest BCUT2D eigenvalue weighted by Crippen LogP contribution is 2.19. The summed E-state index contributed by atoms with van der Waals surface area (Å²) in [4.78, 5) is 20.7. The Kier molecular flexibility index (Phi) is 3.25. The molecule has 0 radical (unpaired) electrons. The Labute approximate surface area is 75.7 Å². The summed E-state index contributed by atoms with van der Waals surface area (Å²) in [6, 6.07) is -0.487. The largest absolute Gasteiger partial charge is 0.481 e. The molecule has 0 aromatic rings. The van der Waals surface area contributed by atoms with Gasteiger partial charge in [-0.05, 0) is 25.3 Å². The highest BCUT2D eigenvalue weighted by molar-refractivity contribution is 5.73. The van der Waals surface area contributed by atoms with Crippen LogP contribution in [-0.4, -0.2) is 34.7 Å². The molecule has 1 fully saturated rings. The van der Waals surface area contributed by atoms with Crippen LogP contribution in [0.25, 0.3) is 0 Å². The first-order chi connectivity index (χ1) is 6.09.